The molecule has 0 unspecified atom stereocenters. The smallest absolute Gasteiger partial charge is 0.278 e. The van der Waals surface area contributed by atoms with Crippen molar-refractivity contribution in [3.63, 3.8) is 0 Å². The fourth-order valence-corrected chi connectivity index (χ4v) is 3.30. The van der Waals surface area contributed by atoms with Crippen molar-refractivity contribution in [2.45, 2.75) is 18.9 Å². The summed E-state index contributed by atoms with van der Waals surface area (Å²) >= 11 is 5.86. The molecule has 1 amide bonds. The summed E-state index contributed by atoms with van der Waals surface area (Å²) in [6.07, 6.45) is 4.26. The Morgan fingerprint density at radius 3 is 2.77 bits per heavy atom. The Hall–Kier alpha value is -3.59. The number of aromatic nitrogens is 1. The second-order valence-electron chi connectivity index (χ2n) is 6.81. The van der Waals surface area contributed by atoms with Crippen molar-refractivity contribution < 1.29 is 14.1 Å². The van der Waals surface area contributed by atoms with Crippen LogP contribution in [0.3, 0.4) is 0 Å². The Bertz CT molecular complexity index is 1280. The van der Waals surface area contributed by atoms with Gasteiger partial charge in [-0.15, -0.1) is 0 Å². The number of amides is 1. The van der Waals surface area contributed by atoms with Gasteiger partial charge in [-0.25, -0.2) is 9.82 Å². The van der Waals surface area contributed by atoms with Gasteiger partial charge in [0.15, 0.2) is 0 Å². The molecule has 1 saturated carbocycles. The van der Waals surface area contributed by atoms with Gasteiger partial charge in [0.1, 0.15) is 11.4 Å². The molecule has 0 atom stereocenters. The van der Waals surface area contributed by atoms with Gasteiger partial charge < -0.3 is 4.57 Å². The lowest BCUT2D eigenvalue weighted by Gasteiger charge is -2.12. The number of nitro benzene ring substituents is 1. The summed E-state index contributed by atoms with van der Waals surface area (Å²) in [6.45, 7) is 0. The first-order valence-electron chi connectivity index (χ1n) is 8.97. The molecule has 0 radical (unpaired) electrons. The summed E-state index contributed by atoms with van der Waals surface area (Å²) in [4.78, 5) is 35.8. The van der Waals surface area contributed by atoms with Crippen LogP contribution in [0, 0.1) is 15.9 Å². The molecule has 1 N–H and O–H groups in total. The average molecular weight is 429 g/mol. The van der Waals surface area contributed by atoms with E-state index >= 15 is 0 Å². The molecule has 1 aliphatic carbocycles. The van der Waals surface area contributed by atoms with E-state index in [2.05, 4.69) is 10.5 Å². The number of carbonyl (C=O) groups excluding carboxylic acids is 1. The summed E-state index contributed by atoms with van der Waals surface area (Å²) in [5.41, 5.74) is 1.80. The highest BCUT2D eigenvalue weighted by atomic mass is 35.5. The van der Waals surface area contributed by atoms with Crippen LogP contribution in [0.5, 0.6) is 0 Å². The predicted molar refractivity (Wildman–Crippen MR) is 110 cm³/mol. The molecule has 4 rings (SSSR count). The molecular formula is C20H14ClFN4O4. The van der Waals surface area contributed by atoms with E-state index < -0.39 is 22.1 Å². The fraction of sp³-hybridized carbons (Fsp3) is 0.150. The highest BCUT2D eigenvalue weighted by Gasteiger charge is 2.27. The van der Waals surface area contributed by atoms with E-state index in [1.165, 1.54) is 30.5 Å². The first-order valence-corrected chi connectivity index (χ1v) is 9.35. The number of nitro groups is 1. The molecule has 0 saturated heterocycles. The number of benzene rings is 2. The van der Waals surface area contributed by atoms with Gasteiger partial charge in [0.25, 0.3) is 11.6 Å². The lowest BCUT2D eigenvalue weighted by molar-refractivity contribution is -0.385. The van der Waals surface area contributed by atoms with Gasteiger partial charge >= 0.3 is 0 Å². The van der Waals surface area contributed by atoms with Crippen molar-refractivity contribution in [1.29, 1.82) is 0 Å². The van der Waals surface area contributed by atoms with E-state index in [0.29, 0.717) is 5.52 Å². The molecule has 0 aliphatic heterocycles. The monoisotopic (exact) mass is 428 g/mol. The second kappa shape index (κ2) is 7.68. The van der Waals surface area contributed by atoms with Crippen LogP contribution < -0.4 is 10.9 Å². The van der Waals surface area contributed by atoms with Crippen molar-refractivity contribution in [2.24, 2.45) is 5.10 Å². The number of hydrazone groups is 1. The Kier molecular flexibility index (Phi) is 5.04. The number of pyridine rings is 1. The molecule has 1 aliphatic rings. The molecule has 30 heavy (non-hydrogen) atoms. The summed E-state index contributed by atoms with van der Waals surface area (Å²) < 4.78 is 15.7. The zero-order valence-electron chi connectivity index (χ0n) is 15.3. The molecule has 1 aromatic heterocycles. The van der Waals surface area contributed by atoms with Gasteiger partial charge in [0.05, 0.1) is 27.2 Å². The Morgan fingerprint density at radius 1 is 1.33 bits per heavy atom. The maximum atomic E-state index is 13.9. The summed E-state index contributed by atoms with van der Waals surface area (Å²) in [6, 6.07) is 8.36. The lowest BCUT2D eigenvalue weighted by Crippen LogP contribution is -2.27. The first kappa shape index (κ1) is 19.7. The SMILES string of the molecule is O=C(N/N=C\c1ccccc1[N+](=O)[O-])c1cn(C2CC2)c2cc(Cl)c(F)cc2c1=O. The minimum absolute atomic E-state index is 0.0409. The number of hydrogen-bond acceptors (Lipinski definition) is 5. The molecule has 0 bridgehead atoms. The summed E-state index contributed by atoms with van der Waals surface area (Å²) in [5, 5.41) is 14.7. The first-order chi connectivity index (χ1) is 14.4. The van der Waals surface area contributed by atoms with Crippen LogP contribution in [-0.2, 0) is 0 Å². The lowest BCUT2D eigenvalue weighted by atomic mass is 10.1. The van der Waals surface area contributed by atoms with E-state index in [1.54, 1.807) is 10.6 Å². The molecule has 8 nitrogen and oxygen atoms in total. The number of halogens is 2. The number of para-hydroxylation sites is 1. The van der Waals surface area contributed by atoms with Crippen molar-refractivity contribution in [2.75, 3.05) is 0 Å². The molecule has 152 valence electrons. The Labute approximate surface area is 173 Å². The van der Waals surface area contributed by atoms with E-state index in [0.717, 1.165) is 25.1 Å². The third-order valence-corrected chi connectivity index (χ3v) is 5.05. The Balaban J connectivity index is 1.69. The number of carbonyl (C=O) groups is 1. The number of nitrogens with one attached hydrogen (secondary N) is 1. The number of fused-ring (bicyclic) bond motifs is 1. The van der Waals surface area contributed by atoms with E-state index in [4.69, 9.17) is 11.6 Å². The average Bonchev–Trinajstić information content (AvgIpc) is 3.55. The molecule has 0 spiro atoms. The molecular weight excluding hydrogens is 415 g/mol. The molecule has 2 aromatic carbocycles. The number of hydrogen-bond donors (Lipinski definition) is 1. The zero-order valence-corrected chi connectivity index (χ0v) is 16.1. The van der Waals surface area contributed by atoms with Gasteiger partial charge in [-0.05, 0) is 31.0 Å². The van der Waals surface area contributed by atoms with Crippen LogP contribution >= 0.6 is 11.6 Å². The van der Waals surface area contributed by atoms with Crippen LogP contribution in [0.4, 0.5) is 10.1 Å². The summed E-state index contributed by atoms with van der Waals surface area (Å²) in [5.74, 6) is -1.56. The van der Waals surface area contributed by atoms with E-state index in [9.17, 15) is 24.1 Å². The van der Waals surface area contributed by atoms with Crippen LogP contribution in [0.2, 0.25) is 5.02 Å². The number of nitrogens with zero attached hydrogens (tertiary/aromatic N) is 3. The van der Waals surface area contributed by atoms with Gasteiger partial charge in [0, 0.05) is 23.7 Å². The quantitative estimate of drug-likeness (QED) is 0.379. The van der Waals surface area contributed by atoms with Gasteiger partial charge in [0.2, 0.25) is 5.43 Å². The normalized spacial score (nSPS) is 13.7. The molecule has 10 heteroatoms. The minimum Gasteiger partial charge on any atom is -0.343 e. The number of rotatable bonds is 5. The molecule has 3 aromatic rings. The largest absolute Gasteiger partial charge is 0.343 e. The van der Waals surface area contributed by atoms with E-state index in [-0.39, 0.29) is 33.3 Å². The maximum Gasteiger partial charge on any atom is 0.278 e. The summed E-state index contributed by atoms with van der Waals surface area (Å²) in [7, 11) is 0. The zero-order chi connectivity index (χ0) is 21.4. The van der Waals surface area contributed by atoms with E-state index in [1.807, 2.05) is 0 Å². The van der Waals surface area contributed by atoms with Crippen molar-refractivity contribution in [3.8, 4) is 0 Å². The topological polar surface area (TPSA) is 107 Å². The molecule has 1 fully saturated rings. The van der Waals surface area contributed by atoms with Crippen molar-refractivity contribution in [3.05, 3.63) is 84.9 Å². The third kappa shape index (κ3) is 3.67. The van der Waals surface area contributed by atoms with Crippen LogP contribution in [0.1, 0.15) is 34.8 Å². The van der Waals surface area contributed by atoms with Gasteiger partial charge in [-0.1, -0.05) is 23.7 Å². The minimum atomic E-state index is -0.804. The maximum absolute atomic E-state index is 13.9. The van der Waals surface area contributed by atoms with Gasteiger partial charge in [-0.3, -0.25) is 19.7 Å². The fourth-order valence-electron chi connectivity index (χ4n) is 3.14. The standard InChI is InChI=1S/C20H14ClFN4O4/c21-15-8-18-13(7-16(15)22)19(27)14(10-25(18)12-5-6-12)20(28)24-23-9-11-3-1-2-4-17(11)26(29)30/h1-4,7-10,12H,5-6H2,(H,24,28)/b23-9-. The van der Waals surface area contributed by atoms with Crippen molar-refractivity contribution in [1.82, 2.24) is 9.99 Å². The second-order valence-corrected chi connectivity index (χ2v) is 7.22. The molecule has 1 heterocycles. The van der Waals surface area contributed by atoms with Crippen LogP contribution in [0.25, 0.3) is 10.9 Å². The highest BCUT2D eigenvalue weighted by molar-refractivity contribution is 6.31. The van der Waals surface area contributed by atoms with Crippen LogP contribution in [0.15, 0.2) is 52.5 Å². The predicted octanol–water partition coefficient (Wildman–Crippen LogP) is 3.80. The van der Waals surface area contributed by atoms with Gasteiger partial charge in [-0.2, -0.15) is 5.10 Å². The third-order valence-electron chi connectivity index (χ3n) is 4.76. The van der Waals surface area contributed by atoms with Crippen molar-refractivity contribution >= 4 is 40.3 Å². The highest BCUT2D eigenvalue weighted by Crippen LogP contribution is 2.37. The Morgan fingerprint density at radius 2 is 2.07 bits per heavy atom. The van der Waals surface area contributed by atoms with Crippen LogP contribution in [-0.4, -0.2) is 21.6 Å².